The minimum absolute atomic E-state index is 0.0493. The van der Waals surface area contributed by atoms with Crippen molar-refractivity contribution in [2.24, 2.45) is 5.41 Å². The van der Waals surface area contributed by atoms with Gasteiger partial charge in [-0.05, 0) is 19.3 Å². The molecule has 1 fully saturated rings. The van der Waals surface area contributed by atoms with E-state index in [1.165, 1.54) is 7.11 Å². The molecule has 0 N–H and O–H groups in total. The lowest BCUT2D eigenvalue weighted by atomic mass is 9.72. The minimum Gasteiger partial charge on any atom is -0.468 e. The molecule has 0 heterocycles. The molecule has 0 bridgehead atoms. The number of ether oxygens (including phenoxy) is 1. The van der Waals surface area contributed by atoms with Gasteiger partial charge in [-0.2, -0.15) is 0 Å². The summed E-state index contributed by atoms with van der Waals surface area (Å²) in [6.45, 7) is 0. The molecule has 1 aliphatic carbocycles. The zero-order valence-electron chi connectivity index (χ0n) is 10.9. The predicted octanol–water partition coefficient (Wildman–Crippen LogP) is 3.41. The Morgan fingerprint density at radius 3 is 2.72 bits per heavy atom. The van der Waals surface area contributed by atoms with Gasteiger partial charge in [0, 0.05) is 11.8 Å². The molecule has 0 aromatic carbocycles. The highest BCUT2D eigenvalue weighted by Gasteiger charge is 2.44. The monoisotopic (exact) mass is 316 g/mol. The third kappa shape index (κ3) is 3.67. The summed E-state index contributed by atoms with van der Waals surface area (Å²) in [5.74, 6) is -0.318. The van der Waals surface area contributed by atoms with Gasteiger partial charge in [0.05, 0.1) is 7.11 Å². The maximum Gasteiger partial charge on any atom is 0.319 e. The van der Waals surface area contributed by atoms with E-state index in [-0.39, 0.29) is 11.8 Å². The number of carbonyl (C=O) groups excluding carboxylic acids is 2. The van der Waals surface area contributed by atoms with Gasteiger partial charge in [-0.1, -0.05) is 47.3 Å². The Labute approximate surface area is 117 Å². The van der Waals surface area contributed by atoms with Gasteiger partial charge < -0.3 is 4.74 Å². The molecule has 0 aromatic rings. The number of halogens is 1. The molecule has 1 unspecified atom stereocenters. The summed E-state index contributed by atoms with van der Waals surface area (Å²) in [7, 11) is 1.37. The number of hydrogen-bond donors (Lipinski definition) is 0. The summed E-state index contributed by atoms with van der Waals surface area (Å²) in [4.78, 5) is 24.4. The number of carbonyl (C=O) groups is 2. The van der Waals surface area contributed by atoms with Gasteiger partial charge in [0.25, 0.3) is 0 Å². The normalized spacial score (nSPS) is 25.8. The molecule has 18 heavy (non-hydrogen) atoms. The van der Waals surface area contributed by atoms with Crippen LogP contribution in [0.2, 0.25) is 0 Å². The second-order valence-electron chi connectivity index (χ2n) is 4.74. The van der Waals surface area contributed by atoms with Crippen molar-refractivity contribution < 1.29 is 14.3 Å². The van der Waals surface area contributed by atoms with Gasteiger partial charge in [-0.25, -0.2) is 0 Å². The first-order chi connectivity index (χ1) is 8.67. The standard InChI is InChI=1S/C14H21BrO3/c1-18-13(17)14(10-6-7-11-15)9-5-3-2-4-8-12(14)16/h6-7H,2-5,8-11H2,1H3/b7-6-. The van der Waals surface area contributed by atoms with Crippen LogP contribution in [0.25, 0.3) is 0 Å². The summed E-state index contributed by atoms with van der Waals surface area (Å²) in [5, 5.41) is 0.735. The van der Waals surface area contributed by atoms with Gasteiger partial charge >= 0.3 is 5.97 Å². The van der Waals surface area contributed by atoms with E-state index in [1.54, 1.807) is 0 Å². The van der Waals surface area contributed by atoms with Crippen LogP contribution in [-0.2, 0) is 14.3 Å². The second-order valence-corrected chi connectivity index (χ2v) is 5.39. The zero-order valence-corrected chi connectivity index (χ0v) is 12.5. The highest BCUT2D eigenvalue weighted by Crippen LogP contribution is 2.36. The number of Topliss-reactive ketones (excluding diaryl/α,β-unsaturated/α-hetero) is 1. The number of rotatable bonds is 4. The third-order valence-corrected chi connectivity index (χ3v) is 3.96. The van der Waals surface area contributed by atoms with Crippen molar-refractivity contribution in [3.8, 4) is 0 Å². The molecule has 4 heteroatoms. The van der Waals surface area contributed by atoms with Crippen molar-refractivity contribution in [3.63, 3.8) is 0 Å². The lowest BCUT2D eigenvalue weighted by Crippen LogP contribution is -2.40. The molecule has 1 atom stereocenters. The Bertz CT molecular complexity index is 325. The summed E-state index contributed by atoms with van der Waals surface area (Å²) < 4.78 is 4.89. The Morgan fingerprint density at radius 1 is 1.33 bits per heavy atom. The highest BCUT2D eigenvalue weighted by atomic mass is 79.9. The Morgan fingerprint density at radius 2 is 2.06 bits per heavy atom. The summed E-state index contributed by atoms with van der Waals surface area (Å²) in [6.07, 6.45) is 9.39. The first-order valence-corrected chi connectivity index (χ1v) is 7.62. The number of methoxy groups -OCH3 is 1. The maximum atomic E-state index is 12.3. The van der Waals surface area contributed by atoms with E-state index in [4.69, 9.17) is 4.74 Å². The summed E-state index contributed by atoms with van der Waals surface area (Å²) in [5.41, 5.74) is -0.937. The van der Waals surface area contributed by atoms with Crippen LogP contribution in [-0.4, -0.2) is 24.2 Å². The first-order valence-electron chi connectivity index (χ1n) is 6.50. The van der Waals surface area contributed by atoms with Crippen LogP contribution in [0.1, 0.15) is 44.9 Å². The topological polar surface area (TPSA) is 43.4 Å². The fourth-order valence-electron chi connectivity index (χ4n) is 2.50. The van der Waals surface area contributed by atoms with Crippen LogP contribution in [0.15, 0.2) is 12.2 Å². The Kier molecular flexibility index (Phi) is 6.61. The van der Waals surface area contributed by atoms with Crippen molar-refractivity contribution in [1.29, 1.82) is 0 Å². The number of hydrogen-bond acceptors (Lipinski definition) is 3. The summed E-state index contributed by atoms with van der Waals surface area (Å²) >= 11 is 3.30. The number of alkyl halides is 1. The van der Waals surface area contributed by atoms with Crippen LogP contribution in [0.5, 0.6) is 0 Å². The fraction of sp³-hybridized carbons (Fsp3) is 0.714. The van der Waals surface area contributed by atoms with Crippen LogP contribution >= 0.6 is 15.9 Å². The molecule has 1 saturated carbocycles. The van der Waals surface area contributed by atoms with E-state index in [1.807, 2.05) is 12.2 Å². The molecular weight excluding hydrogens is 296 g/mol. The molecule has 0 amide bonds. The highest BCUT2D eigenvalue weighted by molar-refractivity contribution is 9.09. The van der Waals surface area contributed by atoms with Gasteiger partial charge in [0.2, 0.25) is 0 Å². The van der Waals surface area contributed by atoms with E-state index in [0.29, 0.717) is 19.3 Å². The minimum atomic E-state index is -0.937. The lowest BCUT2D eigenvalue weighted by molar-refractivity contribution is -0.159. The fourth-order valence-corrected chi connectivity index (χ4v) is 2.77. The van der Waals surface area contributed by atoms with Crippen LogP contribution in [0.4, 0.5) is 0 Å². The van der Waals surface area contributed by atoms with E-state index in [2.05, 4.69) is 15.9 Å². The van der Waals surface area contributed by atoms with Crippen LogP contribution in [0.3, 0.4) is 0 Å². The van der Waals surface area contributed by atoms with Crippen molar-refractivity contribution in [2.75, 3.05) is 12.4 Å². The first kappa shape index (κ1) is 15.4. The molecule has 1 rings (SSSR count). The van der Waals surface area contributed by atoms with Crippen LogP contribution in [0, 0.1) is 5.41 Å². The largest absolute Gasteiger partial charge is 0.468 e. The zero-order chi connectivity index (χ0) is 13.4. The molecular formula is C14H21BrO3. The van der Waals surface area contributed by atoms with E-state index >= 15 is 0 Å². The predicted molar refractivity (Wildman–Crippen MR) is 74.7 cm³/mol. The Hall–Kier alpha value is -0.640. The van der Waals surface area contributed by atoms with E-state index in [0.717, 1.165) is 31.0 Å². The summed E-state index contributed by atoms with van der Waals surface area (Å²) in [6, 6.07) is 0. The van der Waals surface area contributed by atoms with Gasteiger partial charge in [0.15, 0.2) is 0 Å². The van der Waals surface area contributed by atoms with Gasteiger partial charge in [0.1, 0.15) is 11.2 Å². The molecule has 0 saturated heterocycles. The van der Waals surface area contributed by atoms with E-state index < -0.39 is 5.41 Å². The van der Waals surface area contributed by atoms with Crippen molar-refractivity contribution >= 4 is 27.7 Å². The second kappa shape index (κ2) is 7.72. The number of allylic oxidation sites excluding steroid dienone is 2. The molecule has 102 valence electrons. The number of esters is 1. The van der Waals surface area contributed by atoms with E-state index in [9.17, 15) is 9.59 Å². The van der Waals surface area contributed by atoms with Crippen LogP contribution < -0.4 is 0 Å². The molecule has 3 nitrogen and oxygen atoms in total. The Balaban J connectivity index is 2.93. The molecule has 0 radical (unpaired) electrons. The maximum absolute atomic E-state index is 12.3. The lowest BCUT2D eigenvalue weighted by Gasteiger charge is -2.30. The smallest absolute Gasteiger partial charge is 0.319 e. The quantitative estimate of drug-likeness (QED) is 0.345. The average molecular weight is 317 g/mol. The van der Waals surface area contributed by atoms with Gasteiger partial charge in [-0.3, -0.25) is 9.59 Å². The van der Waals surface area contributed by atoms with Gasteiger partial charge in [-0.15, -0.1) is 0 Å². The molecule has 0 aliphatic heterocycles. The van der Waals surface area contributed by atoms with Crippen molar-refractivity contribution in [3.05, 3.63) is 12.2 Å². The molecule has 0 aromatic heterocycles. The average Bonchev–Trinajstić information content (AvgIpc) is 2.37. The third-order valence-electron chi connectivity index (χ3n) is 3.59. The SMILES string of the molecule is COC(=O)C1(C/C=C\CBr)CCCCCCC1=O. The molecule has 0 spiro atoms. The molecule has 1 aliphatic rings. The van der Waals surface area contributed by atoms with Crippen molar-refractivity contribution in [1.82, 2.24) is 0 Å². The van der Waals surface area contributed by atoms with Crippen molar-refractivity contribution in [2.45, 2.75) is 44.9 Å². The number of ketones is 1.